The Morgan fingerprint density at radius 2 is 1.32 bits per heavy atom. The molecule has 146 valence electrons. The standard InChI is InChI=1S/C26H32N2/c1-16-8-10-21(18(3)14-16)27-23-20-12-13-26(7,25(20,5)6)24(23)28-22-11-9-17(2)15-19(22)4/h8-11,14-15,20H,12-13H2,1-7H3. The van der Waals surface area contributed by atoms with Gasteiger partial charge in [0, 0.05) is 11.3 Å². The Kier molecular flexibility index (Phi) is 4.37. The van der Waals surface area contributed by atoms with Crippen LogP contribution in [0.2, 0.25) is 0 Å². The van der Waals surface area contributed by atoms with E-state index in [4.69, 9.17) is 9.98 Å². The Bertz CT molecular complexity index is 1010. The van der Waals surface area contributed by atoms with E-state index in [1.54, 1.807) is 0 Å². The third kappa shape index (κ3) is 2.77. The monoisotopic (exact) mass is 372 g/mol. The molecule has 28 heavy (non-hydrogen) atoms. The van der Waals surface area contributed by atoms with Crippen LogP contribution in [0.1, 0.15) is 55.9 Å². The van der Waals surface area contributed by atoms with Crippen molar-refractivity contribution in [3.8, 4) is 0 Å². The first-order valence-electron chi connectivity index (χ1n) is 10.5. The van der Waals surface area contributed by atoms with Crippen molar-refractivity contribution in [2.75, 3.05) is 0 Å². The Hall–Kier alpha value is -2.22. The quantitative estimate of drug-likeness (QED) is 0.531. The van der Waals surface area contributed by atoms with Crippen molar-refractivity contribution in [2.45, 2.75) is 61.3 Å². The Morgan fingerprint density at radius 3 is 1.86 bits per heavy atom. The highest BCUT2D eigenvalue weighted by Gasteiger charge is 2.63. The average Bonchev–Trinajstić information content (AvgIpc) is 2.92. The Morgan fingerprint density at radius 1 is 0.786 bits per heavy atom. The van der Waals surface area contributed by atoms with Crippen LogP contribution < -0.4 is 0 Å². The van der Waals surface area contributed by atoms with Crippen molar-refractivity contribution >= 4 is 22.8 Å². The second kappa shape index (κ2) is 6.40. The predicted octanol–water partition coefficient (Wildman–Crippen LogP) is 7.22. The van der Waals surface area contributed by atoms with Crippen LogP contribution >= 0.6 is 0 Å². The zero-order valence-electron chi connectivity index (χ0n) is 18.4. The minimum Gasteiger partial charge on any atom is -0.251 e. The van der Waals surface area contributed by atoms with Crippen LogP contribution in [0.15, 0.2) is 46.4 Å². The van der Waals surface area contributed by atoms with Crippen molar-refractivity contribution in [1.82, 2.24) is 0 Å². The van der Waals surface area contributed by atoms with E-state index in [1.807, 2.05) is 0 Å². The van der Waals surface area contributed by atoms with Gasteiger partial charge in [-0.2, -0.15) is 0 Å². The van der Waals surface area contributed by atoms with Gasteiger partial charge < -0.3 is 0 Å². The van der Waals surface area contributed by atoms with Gasteiger partial charge in [0.1, 0.15) is 0 Å². The maximum Gasteiger partial charge on any atom is 0.0693 e. The number of hydrogen-bond donors (Lipinski definition) is 0. The molecule has 2 atom stereocenters. The van der Waals surface area contributed by atoms with Crippen molar-refractivity contribution < 1.29 is 0 Å². The number of benzene rings is 2. The molecular weight excluding hydrogens is 340 g/mol. The van der Waals surface area contributed by atoms with Gasteiger partial charge in [-0.3, -0.25) is 9.98 Å². The van der Waals surface area contributed by atoms with Crippen LogP contribution in [-0.4, -0.2) is 11.4 Å². The minimum atomic E-state index is 0.0758. The molecule has 4 rings (SSSR count). The molecule has 2 bridgehead atoms. The van der Waals surface area contributed by atoms with Gasteiger partial charge in [-0.25, -0.2) is 0 Å². The van der Waals surface area contributed by atoms with E-state index in [0.29, 0.717) is 5.92 Å². The highest BCUT2D eigenvalue weighted by atomic mass is 14.9. The molecule has 0 radical (unpaired) electrons. The molecule has 0 heterocycles. The van der Waals surface area contributed by atoms with Gasteiger partial charge in [0.15, 0.2) is 0 Å². The molecule has 0 spiro atoms. The van der Waals surface area contributed by atoms with E-state index in [1.165, 1.54) is 46.5 Å². The van der Waals surface area contributed by atoms with E-state index in [-0.39, 0.29) is 10.8 Å². The van der Waals surface area contributed by atoms with Gasteiger partial charge in [-0.05, 0) is 69.2 Å². The number of aryl methyl sites for hydroxylation is 4. The summed E-state index contributed by atoms with van der Waals surface area (Å²) in [5, 5.41) is 0. The Balaban J connectivity index is 1.90. The first kappa shape index (κ1) is 19.1. The van der Waals surface area contributed by atoms with E-state index in [0.717, 1.165) is 11.4 Å². The highest BCUT2D eigenvalue weighted by Crippen LogP contribution is 2.63. The second-order valence-corrected chi connectivity index (χ2v) is 9.68. The first-order valence-corrected chi connectivity index (χ1v) is 10.5. The van der Waals surface area contributed by atoms with E-state index < -0.39 is 0 Å². The molecule has 2 heteroatoms. The molecule has 0 aromatic heterocycles. The van der Waals surface area contributed by atoms with E-state index in [9.17, 15) is 0 Å². The fourth-order valence-corrected chi connectivity index (χ4v) is 5.27. The molecule has 2 aliphatic rings. The molecule has 2 saturated carbocycles. The van der Waals surface area contributed by atoms with Crippen molar-refractivity contribution in [1.29, 1.82) is 0 Å². The summed E-state index contributed by atoms with van der Waals surface area (Å²) in [7, 11) is 0. The first-order chi connectivity index (χ1) is 13.1. The Labute approximate surface area is 169 Å². The summed E-state index contributed by atoms with van der Waals surface area (Å²) in [6, 6.07) is 13.1. The van der Waals surface area contributed by atoms with Gasteiger partial charge in [-0.1, -0.05) is 56.2 Å². The number of nitrogens with zero attached hydrogens (tertiary/aromatic N) is 2. The second-order valence-electron chi connectivity index (χ2n) is 9.68. The molecule has 0 N–H and O–H groups in total. The summed E-state index contributed by atoms with van der Waals surface area (Å²) in [4.78, 5) is 10.5. The highest BCUT2D eigenvalue weighted by molar-refractivity contribution is 6.48. The molecular formula is C26H32N2. The lowest BCUT2D eigenvalue weighted by molar-refractivity contribution is 0.208. The maximum atomic E-state index is 5.26. The van der Waals surface area contributed by atoms with Crippen LogP contribution in [0, 0.1) is 44.4 Å². The van der Waals surface area contributed by atoms with E-state index >= 15 is 0 Å². The van der Waals surface area contributed by atoms with Crippen LogP contribution in [0.25, 0.3) is 0 Å². The smallest absolute Gasteiger partial charge is 0.0693 e. The molecule has 2 aromatic carbocycles. The van der Waals surface area contributed by atoms with Crippen LogP contribution in [0.5, 0.6) is 0 Å². The lowest BCUT2D eigenvalue weighted by Gasteiger charge is -2.33. The summed E-state index contributed by atoms with van der Waals surface area (Å²) in [5.41, 5.74) is 9.89. The maximum absolute atomic E-state index is 5.26. The number of fused-ring (bicyclic) bond motifs is 2. The lowest BCUT2D eigenvalue weighted by Crippen LogP contribution is -2.33. The van der Waals surface area contributed by atoms with Crippen molar-refractivity contribution in [2.24, 2.45) is 26.7 Å². The van der Waals surface area contributed by atoms with Crippen molar-refractivity contribution in [3.05, 3.63) is 58.7 Å². The van der Waals surface area contributed by atoms with Gasteiger partial charge >= 0.3 is 0 Å². The minimum absolute atomic E-state index is 0.0758. The number of aliphatic imine (C=N–C) groups is 2. The van der Waals surface area contributed by atoms with Gasteiger partial charge in [0.2, 0.25) is 0 Å². The van der Waals surface area contributed by atoms with Gasteiger partial charge in [-0.15, -0.1) is 0 Å². The van der Waals surface area contributed by atoms with Crippen LogP contribution in [0.3, 0.4) is 0 Å². The molecule has 2 nitrogen and oxygen atoms in total. The van der Waals surface area contributed by atoms with Gasteiger partial charge in [0.05, 0.1) is 22.8 Å². The average molecular weight is 373 g/mol. The molecule has 2 unspecified atom stereocenters. The molecule has 0 saturated heterocycles. The number of hydrogen-bond acceptors (Lipinski definition) is 2. The number of rotatable bonds is 2. The van der Waals surface area contributed by atoms with E-state index in [2.05, 4.69) is 84.9 Å². The fourth-order valence-electron chi connectivity index (χ4n) is 5.27. The summed E-state index contributed by atoms with van der Waals surface area (Å²) in [6.45, 7) is 15.8. The van der Waals surface area contributed by atoms with Crippen molar-refractivity contribution in [3.63, 3.8) is 0 Å². The summed E-state index contributed by atoms with van der Waals surface area (Å²) < 4.78 is 0. The van der Waals surface area contributed by atoms with Crippen LogP contribution in [-0.2, 0) is 0 Å². The normalized spacial score (nSPS) is 28.5. The SMILES string of the molecule is Cc1ccc(N=C2C(=Nc3ccc(C)cc3C)C3(C)CCC2C3(C)C)c(C)c1. The largest absolute Gasteiger partial charge is 0.251 e. The zero-order valence-corrected chi connectivity index (χ0v) is 18.4. The lowest BCUT2D eigenvalue weighted by atomic mass is 9.70. The summed E-state index contributed by atoms with van der Waals surface area (Å²) >= 11 is 0. The summed E-state index contributed by atoms with van der Waals surface area (Å²) in [5.74, 6) is 0.475. The molecule has 2 fully saturated rings. The third-order valence-electron chi connectivity index (χ3n) is 7.50. The van der Waals surface area contributed by atoms with Crippen LogP contribution in [0.4, 0.5) is 11.4 Å². The molecule has 2 aromatic rings. The molecule has 2 aliphatic carbocycles. The molecule has 0 aliphatic heterocycles. The zero-order chi connectivity index (χ0) is 20.3. The third-order valence-corrected chi connectivity index (χ3v) is 7.50. The molecule has 0 amide bonds. The predicted molar refractivity (Wildman–Crippen MR) is 121 cm³/mol. The topological polar surface area (TPSA) is 24.7 Å². The van der Waals surface area contributed by atoms with Gasteiger partial charge in [0.25, 0.3) is 0 Å². The summed E-state index contributed by atoms with van der Waals surface area (Å²) in [6.07, 6.45) is 2.40. The fraction of sp³-hybridized carbons (Fsp3) is 0.462.